The highest BCUT2D eigenvalue weighted by molar-refractivity contribution is 8.00. The first-order valence-corrected chi connectivity index (χ1v) is 9.96. The SMILES string of the molecule is CCNC(=NCC1(C)CCCS1)NCCc1ccc(OC)c(OC)c1. The lowest BCUT2D eigenvalue weighted by molar-refractivity contribution is 0.354. The third-order valence-corrected chi connectivity index (χ3v) is 5.89. The molecule has 1 atom stereocenters. The van der Waals surface area contributed by atoms with E-state index in [1.807, 2.05) is 23.9 Å². The number of ether oxygens (including phenoxy) is 2. The molecule has 0 amide bonds. The molecule has 1 aromatic carbocycles. The molecular weight excluding hydrogens is 334 g/mol. The van der Waals surface area contributed by atoms with E-state index in [0.717, 1.165) is 43.5 Å². The van der Waals surface area contributed by atoms with Gasteiger partial charge in [0.05, 0.1) is 20.8 Å². The molecule has 2 N–H and O–H groups in total. The van der Waals surface area contributed by atoms with E-state index in [-0.39, 0.29) is 0 Å². The van der Waals surface area contributed by atoms with Crippen molar-refractivity contribution in [1.29, 1.82) is 0 Å². The molecule has 1 fully saturated rings. The number of hydrogen-bond donors (Lipinski definition) is 2. The second-order valence-electron chi connectivity index (χ2n) is 6.46. The number of rotatable bonds is 8. The van der Waals surface area contributed by atoms with Crippen molar-refractivity contribution in [3.8, 4) is 11.5 Å². The topological polar surface area (TPSA) is 54.9 Å². The molecule has 0 bridgehead atoms. The molecule has 140 valence electrons. The molecule has 1 aliphatic heterocycles. The number of aliphatic imine (C=N–C) groups is 1. The molecule has 1 unspecified atom stereocenters. The Kier molecular flexibility index (Phi) is 7.75. The van der Waals surface area contributed by atoms with Gasteiger partial charge in [0.25, 0.3) is 0 Å². The summed E-state index contributed by atoms with van der Waals surface area (Å²) in [4.78, 5) is 4.79. The number of nitrogens with one attached hydrogen (secondary N) is 2. The maximum Gasteiger partial charge on any atom is 0.191 e. The zero-order valence-electron chi connectivity index (χ0n) is 15.9. The van der Waals surface area contributed by atoms with Gasteiger partial charge < -0.3 is 20.1 Å². The van der Waals surface area contributed by atoms with E-state index in [1.54, 1.807) is 14.2 Å². The van der Waals surface area contributed by atoms with Crippen molar-refractivity contribution in [2.75, 3.05) is 39.6 Å². The lowest BCUT2D eigenvalue weighted by Crippen LogP contribution is -2.39. The number of thioether (sulfide) groups is 1. The fourth-order valence-electron chi connectivity index (χ4n) is 2.91. The molecule has 1 aliphatic rings. The van der Waals surface area contributed by atoms with Crippen LogP contribution in [-0.4, -0.2) is 50.3 Å². The number of methoxy groups -OCH3 is 2. The molecule has 1 heterocycles. The maximum absolute atomic E-state index is 5.37. The van der Waals surface area contributed by atoms with Crippen LogP contribution in [0.3, 0.4) is 0 Å². The highest BCUT2D eigenvalue weighted by Gasteiger charge is 2.29. The van der Waals surface area contributed by atoms with Crippen molar-refractivity contribution in [2.45, 2.75) is 37.9 Å². The molecule has 2 rings (SSSR count). The first kappa shape index (κ1) is 19.8. The van der Waals surface area contributed by atoms with E-state index in [1.165, 1.54) is 24.2 Å². The van der Waals surface area contributed by atoms with Crippen molar-refractivity contribution in [3.05, 3.63) is 23.8 Å². The molecule has 25 heavy (non-hydrogen) atoms. The molecule has 0 spiro atoms. The Morgan fingerprint density at radius 1 is 1.24 bits per heavy atom. The van der Waals surface area contributed by atoms with Gasteiger partial charge in [-0.2, -0.15) is 11.8 Å². The van der Waals surface area contributed by atoms with Crippen molar-refractivity contribution >= 4 is 17.7 Å². The fraction of sp³-hybridized carbons (Fsp3) is 0.632. The Morgan fingerprint density at radius 3 is 2.68 bits per heavy atom. The lowest BCUT2D eigenvalue weighted by Gasteiger charge is -2.21. The van der Waals surface area contributed by atoms with E-state index < -0.39 is 0 Å². The van der Waals surface area contributed by atoms with Gasteiger partial charge in [-0.3, -0.25) is 4.99 Å². The predicted molar refractivity (Wildman–Crippen MR) is 107 cm³/mol. The zero-order chi connectivity index (χ0) is 18.1. The standard InChI is InChI=1S/C19H31N3O2S/c1-5-20-18(22-14-19(2)10-6-12-25-19)21-11-9-15-7-8-16(23-3)17(13-15)24-4/h7-8,13H,5-6,9-12,14H2,1-4H3,(H2,20,21,22). The zero-order valence-corrected chi connectivity index (χ0v) is 16.7. The summed E-state index contributed by atoms with van der Waals surface area (Å²) in [7, 11) is 3.32. The van der Waals surface area contributed by atoms with Gasteiger partial charge in [-0.25, -0.2) is 0 Å². The van der Waals surface area contributed by atoms with Crippen LogP contribution in [0.4, 0.5) is 0 Å². The highest BCUT2D eigenvalue weighted by Crippen LogP contribution is 2.37. The average molecular weight is 366 g/mol. The van der Waals surface area contributed by atoms with Gasteiger partial charge in [0.2, 0.25) is 0 Å². The number of nitrogens with zero attached hydrogens (tertiary/aromatic N) is 1. The minimum absolute atomic E-state index is 0.297. The molecule has 0 radical (unpaired) electrons. The molecular formula is C19H31N3O2S. The third-order valence-electron chi connectivity index (χ3n) is 4.37. The van der Waals surface area contributed by atoms with Crippen LogP contribution in [0.15, 0.2) is 23.2 Å². The Balaban J connectivity index is 1.88. The number of benzene rings is 1. The summed E-state index contributed by atoms with van der Waals surface area (Å²) in [6, 6.07) is 6.05. The molecule has 1 saturated heterocycles. The van der Waals surface area contributed by atoms with Gasteiger partial charge in [0, 0.05) is 17.8 Å². The van der Waals surface area contributed by atoms with Crippen molar-refractivity contribution < 1.29 is 9.47 Å². The van der Waals surface area contributed by atoms with Crippen molar-refractivity contribution in [3.63, 3.8) is 0 Å². The van der Waals surface area contributed by atoms with Crippen LogP contribution in [-0.2, 0) is 6.42 Å². The summed E-state index contributed by atoms with van der Waals surface area (Å²) in [5.41, 5.74) is 1.21. The fourth-order valence-corrected chi connectivity index (χ4v) is 4.14. The van der Waals surface area contributed by atoms with E-state index in [9.17, 15) is 0 Å². The van der Waals surface area contributed by atoms with E-state index in [2.05, 4.69) is 30.5 Å². The maximum atomic E-state index is 5.37. The van der Waals surface area contributed by atoms with Crippen LogP contribution in [0.5, 0.6) is 11.5 Å². The largest absolute Gasteiger partial charge is 0.493 e. The van der Waals surface area contributed by atoms with Gasteiger partial charge in [0.1, 0.15) is 0 Å². The quantitative estimate of drug-likeness (QED) is 0.548. The minimum atomic E-state index is 0.297. The van der Waals surface area contributed by atoms with Gasteiger partial charge in [0.15, 0.2) is 17.5 Å². The summed E-state index contributed by atoms with van der Waals surface area (Å²) >= 11 is 2.04. The minimum Gasteiger partial charge on any atom is -0.493 e. The van der Waals surface area contributed by atoms with Gasteiger partial charge in [-0.15, -0.1) is 0 Å². The summed E-state index contributed by atoms with van der Waals surface area (Å²) in [6.07, 6.45) is 3.46. The molecule has 0 aliphatic carbocycles. The van der Waals surface area contributed by atoms with E-state index in [4.69, 9.17) is 14.5 Å². The monoisotopic (exact) mass is 365 g/mol. The van der Waals surface area contributed by atoms with Crippen molar-refractivity contribution in [2.24, 2.45) is 4.99 Å². The summed E-state index contributed by atoms with van der Waals surface area (Å²) in [5.74, 6) is 3.69. The smallest absolute Gasteiger partial charge is 0.191 e. The average Bonchev–Trinajstić information content (AvgIpc) is 3.06. The van der Waals surface area contributed by atoms with Crippen LogP contribution >= 0.6 is 11.8 Å². The van der Waals surface area contributed by atoms with Crippen molar-refractivity contribution in [1.82, 2.24) is 10.6 Å². The van der Waals surface area contributed by atoms with Crippen LogP contribution in [0.1, 0.15) is 32.3 Å². The Morgan fingerprint density at radius 2 is 2.04 bits per heavy atom. The first-order valence-electron chi connectivity index (χ1n) is 8.97. The molecule has 5 nitrogen and oxygen atoms in total. The molecule has 6 heteroatoms. The van der Waals surface area contributed by atoms with Crippen LogP contribution < -0.4 is 20.1 Å². The van der Waals surface area contributed by atoms with Gasteiger partial charge in [-0.1, -0.05) is 6.07 Å². The Bertz CT molecular complexity index is 572. The first-order chi connectivity index (χ1) is 12.1. The number of hydrogen-bond acceptors (Lipinski definition) is 4. The van der Waals surface area contributed by atoms with Crippen LogP contribution in [0.25, 0.3) is 0 Å². The molecule has 0 saturated carbocycles. The van der Waals surface area contributed by atoms with E-state index in [0.29, 0.717) is 4.75 Å². The Hall–Kier alpha value is -1.56. The second kappa shape index (κ2) is 9.80. The molecule has 1 aromatic rings. The van der Waals surface area contributed by atoms with Crippen LogP contribution in [0.2, 0.25) is 0 Å². The van der Waals surface area contributed by atoms with Crippen LogP contribution in [0, 0.1) is 0 Å². The molecule has 0 aromatic heterocycles. The predicted octanol–water partition coefficient (Wildman–Crippen LogP) is 3.09. The van der Waals surface area contributed by atoms with Gasteiger partial charge in [-0.05, 0) is 56.6 Å². The van der Waals surface area contributed by atoms with Gasteiger partial charge >= 0.3 is 0 Å². The summed E-state index contributed by atoms with van der Waals surface area (Å²) in [5, 5.41) is 6.77. The Labute approximate surface area is 156 Å². The van der Waals surface area contributed by atoms with E-state index >= 15 is 0 Å². The third kappa shape index (κ3) is 6.03. The second-order valence-corrected chi connectivity index (χ2v) is 8.15. The summed E-state index contributed by atoms with van der Waals surface area (Å²) in [6.45, 7) is 6.97. The normalized spacial score (nSPS) is 20.4. The summed E-state index contributed by atoms with van der Waals surface area (Å²) < 4.78 is 10.9. The lowest BCUT2D eigenvalue weighted by atomic mass is 10.1. The number of guanidine groups is 1. The highest BCUT2D eigenvalue weighted by atomic mass is 32.2.